The normalized spacial score (nSPS) is 19.2. The van der Waals surface area contributed by atoms with Crippen molar-refractivity contribution in [1.29, 1.82) is 0 Å². The quantitative estimate of drug-likeness (QED) is 0.606. The summed E-state index contributed by atoms with van der Waals surface area (Å²) in [6.07, 6.45) is 17.6. The van der Waals surface area contributed by atoms with E-state index in [1.807, 2.05) is 57.8 Å². The van der Waals surface area contributed by atoms with Crippen molar-refractivity contribution in [3.05, 3.63) is 89.7 Å². The Bertz CT molecular complexity index is 506. The van der Waals surface area contributed by atoms with Gasteiger partial charge in [-0.1, -0.05) is 19.6 Å². The molecule has 0 aromatic heterocycles. The average Bonchev–Trinajstić information content (AvgIpc) is 3.07. The van der Waals surface area contributed by atoms with Crippen LogP contribution in [0.3, 0.4) is 0 Å². The third kappa shape index (κ3) is 4.40. The van der Waals surface area contributed by atoms with E-state index in [-0.39, 0.29) is 27.9 Å². The van der Waals surface area contributed by atoms with E-state index in [0.717, 1.165) is 11.1 Å². The molecule has 4 heteroatoms. The molecule has 21 heavy (non-hydrogen) atoms. The minimum atomic E-state index is -1.69. The second-order valence-corrected chi connectivity index (χ2v) is 10.8. The molecule has 2 nitrogen and oxygen atoms in total. The molecule has 0 aliphatic heterocycles. The molecule has 2 aliphatic rings. The Morgan fingerprint density at radius 3 is 1.52 bits per heavy atom. The molecule has 0 N–H and O–H groups in total. The second-order valence-electron chi connectivity index (χ2n) is 5.79. The zero-order valence-corrected chi connectivity index (χ0v) is 14.5. The molecule has 0 saturated heterocycles. The predicted molar refractivity (Wildman–Crippen MR) is 85.4 cm³/mol. The Hall–Kier alpha value is -0.184. The van der Waals surface area contributed by atoms with Crippen LogP contribution in [0.2, 0.25) is 19.6 Å². The molecule has 2 saturated carbocycles. The summed E-state index contributed by atoms with van der Waals surface area (Å²) in [4.78, 5) is 23.1. The van der Waals surface area contributed by atoms with Crippen molar-refractivity contribution < 1.29 is 17.1 Å². The van der Waals surface area contributed by atoms with Crippen LogP contribution in [0.15, 0.2) is 9.59 Å². The predicted octanol–water partition coefficient (Wildman–Crippen LogP) is 1.60. The van der Waals surface area contributed by atoms with E-state index >= 15 is 0 Å². The van der Waals surface area contributed by atoms with Gasteiger partial charge in [-0.3, -0.25) is 9.59 Å². The van der Waals surface area contributed by atoms with Crippen LogP contribution in [0.5, 0.6) is 0 Å². The fourth-order valence-electron chi connectivity index (χ4n) is 2.24. The Balaban J connectivity index is 0.000000313. The fourth-order valence-corrected chi connectivity index (χ4v) is 4.05. The van der Waals surface area contributed by atoms with Crippen molar-refractivity contribution in [1.82, 2.24) is 0 Å². The Labute approximate surface area is 139 Å². The molecule has 2 aliphatic carbocycles. The van der Waals surface area contributed by atoms with E-state index in [0.29, 0.717) is 5.56 Å². The molecular formula is C17H18FeO2Si+2. The van der Waals surface area contributed by atoms with Crippen molar-refractivity contribution in [3.8, 4) is 0 Å². The average molecular weight is 338 g/mol. The fraction of sp³-hybridized carbons (Fsp3) is 0.176. The van der Waals surface area contributed by atoms with Crippen LogP contribution in [0.4, 0.5) is 0 Å². The van der Waals surface area contributed by atoms with Crippen LogP contribution in [-0.4, -0.2) is 8.07 Å². The van der Waals surface area contributed by atoms with Crippen molar-refractivity contribution in [2.45, 2.75) is 19.6 Å². The first-order chi connectivity index (χ1) is 9.43. The van der Waals surface area contributed by atoms with Crippen LogP contribution in [0.25, 0.3) is 0 Å². The van der Waals surface area contributed by atoms with Gasteiger partial charge < -0.3 is 0 Å². The van der Waals surface area contributed by atoms with Crippen LogP contribution in [0, 0.1) is 63.7 Å². The van der Waals surface area contributed by atoms with Gasteiger partial charge in [0.15, 0.2) is 0 Å². The standard InChI is InChI=1S/C12H13O2Si.C5H5.Fe/c1-15(2,3)12-9(10(13)11(12)14)8-6-4-5-7-8;1-2-4-5-3-1;/h4-7H,1-3H3;1-5H;/q;;+2. The van der Waals surface area contributed by atoms with Gasteiger partial charge in [0, 0.05) is 11.5 Å². The van der Waals surface area contributed by atoms with Gasteiger partial charge in [0.1, 0.15) is 0 Å². The van der Waals surface area contributed by atoms with E-state index in [4.69, 9.17) is 0 Å². The zero-order chi connectivity index (χ0) is 14.8. The smallest absolute Gasteiger partial charge is 0.286 e. The van der Waals surface area contributed by atoms with E-state index in [2.05, 4.69) is 19.6 Å². The Morgan fingerprint density at radius 1 is 0.714 bits per heavy atom. The van der Waals surface area contributed by atoms with E-state index in [9.17, 15) is 9.59 Å². The number of hydrogen-bond acceptors (Lipinski definition) is 2. The van der Waals surface area contributed by atoms with Gasteiger partial charge in [-0.15, -0.1) is 0 Å². The third-order valence-electron chi connectivity index (χ3n) is 3.17. The molecule has 0 bridgehead atoms. The molecule has 0 heterocycles. The second kappa shape index (κ2) is 7.89. The van der Waals surface area contributed by atoms with E-state index in [1.54, 1.807) is 0 Å². The van der Waals surface area contributed by atoms with Crippen LogP contribution >= 0.6 is 0 Å². The van der Waals surface area contributed by atoms with Gasteiger partial charge in [0.05, 0.1) is 8.07 Å². The maximum absolute atomic E-state index is 11.5. The molecule has 3 rings (SSSR count). The van der Waals surface area contributed by atoms with Gasteiger partial charge in [0.25, 0.3) is 0 Å². The zero-order valence-electron chi connectivity index (χ0n) is 12.4. The Kier molecular flexibility index (Phi) is 7.09. The molecule has 10 radical (unpaired) electrons. The molecule has 1 aromatic carbocycles. The van der Waals surface area contributed by atoms with Gasteiger partial charge in [-0.25, -0.2) is 0 Å². The van der Waals surface area contributed by atoms with Crippen LogP contribution < -0.4 is 16.0 Å². The summed E-state index contributed by atoms with van der Waals surface area (Å²) in [7, 11) is -1.69. The summed E-state index contributed by atoms with van der Waals surface area (Å²) in [5.41, 5.74) is 0.105. The summed E-state index contributed by atoms with van der Waals surface area (Å²) in [6.45, 7) is 6.28. The molecular weight excluding hydrogens is 320 g/mol. The summed E-state index contributed by atoms with van der Waals surface area (Å²) in [6, 6.07) is 0. The maximum Gasteiger partial charge on any atom is 2.00 e. The van der Waals surface area contributed by atoms with Gasteiger partial charge in [0.2, 0.25) is 10.9 Å². The molecule has 0 spiro atoms. The first-order valence-corrected chi connectivity index (χ1v) is 10.2. The van der Waals surface area contributed by atoms with Crippen molar-refractivity contribution >= 4 is 13.3 Å². The SMILES string of the molecule is C[Si](C)(C)c1c([C]2[CH][CH][CH][CH]2)c(=O)c1=O.[CH]1[CH][CH][CH][CH]1.[Fe+2]. The monoisotopic (exact) mass is 338 g/mol. The van der Waals surface area contributed by atoms with Crippen molar-refractivity contribution in [3.63, 3.8) is 0 Å². The number of rotatable bonds is 2. The van der Waals surface area contributed by atoms with Gasteiger partial charge >= 0.3 is 17.1 Å². The molecule has 108 valence electrons. The minimum Gasteiger partial charge on any atom is -0.286 e. The molecule has 0 atom stereocenters. The molecule has 0 amide bonds. The summed E-state index contributed by atoms with van der Waals surface area (Å²) < 4.78 is 0. The van der Waals surface area contributed by atoms with Gasteiger partial charge in [-0.2, -0.15) is 0 Å². The van der Waals surface area contributed by atoms with Gasteiger partial charge in [-0.05, 0) is 63.0 Å². The molecule has 2 fully saturated rings. The maximum atomic E-state index is 11.5. The van der Waals surface area contributed by atoms with Crippen LogP contribution in [-0.2, 0) is 17.1 Å². The minimum absolute atomic E-state index is 0. The summed E-state index contributed by atoms with van der Waals surface area (Å²) in [5, 5.41) is 0.804. The first-order valence-electron chi connectivity index (χ1n) is 6.65. The van der Waals surface area contributed by atoms with Crippen molar-refractivity contribution in [2.75, 3.05) is 0 Å². The third-order valence-corrected chi connectivity index (χ3v) is 5.14. The topological polar surface area (TPSA) is 34.1 Å². The van der Waals surface area contributed by atoms with Crippen molar-refractivity contribution in [2.24, 2.45) is 0 Å². The summed E-state index contributed by atoms with van der Waals surface area (Å²) in [5.74, 6) is 0.900. The molecule has 1 aromatic rings. The molecule has 0 unspecified atom stereocenters. The summed E-state index contributed by atoms with van der Waals surface area (Å²) >= 11 is 0. The largest absolute Gasteiger partial charge is 2.00 e. The van der Waals surface area contributed by atoms with Crippen LogP contribution in [0.1, 0.15) is 5.56 Å². The number of hydrogen-bond donors (Lipinski definition) is 0. The van der Waals surface area contributed by atoms with E-state index < -0.39 is 8.07 Å². The Morgan fingerprint density at radius 2 is 1.14 bits per heavy atom. The first kappa shape index (κ1) is 18.9. The van der Waals surface area contributed by atoms with E-state index in [1.165, 1.54) is 0 Å².